The summed E-state index contributed by atoms with van der Waals surface area (Å²) in [5.41, 5.74) is 6.22. The molecule has 1 aromatic rings. The van der Waals surface area contributed by atoms with E-state index in [4.69, 9.17) is 18.4 Å². The summed E-state index contributed by atoms with van der Waals surface area (Å²) in [5.74, 6) is 0. The van der Waals surface area contributed by atoms with Gasteiger partial charge in [0.25, 0.3) is 0 Å². The quantitative estimate of drug-likeness (QED) is 0.577. The Morgan fingerprint density at radius 3 is 1.71 bits per heavy atom. The van der Waals surface area contributed by atoms with Crippen LogP contribution in [0.2, 0.25) is 0 Å². The van der Waals surface area contributed by atoms with E-state index in [-0.39, 0.29) is 23.5 Å². The maximum absolute atomic E-state index is 5.50. The van der Waals surface area contributed by atoms with Crippen molar-refractivity contribution in [2.24, 2.45) is 0 Å². The van der Waals surface area contributed by atoms with Crippen LogP contribution in [0.4, 0.5) is 29.2 Å². The van der Waals surface area contributed by atoms with Gasteiger partial charge in [-0.2, -0.15) is 0 Å². The predicted octanol–water partition coefficient (Wildman–Crippen LogP) is 3.35. The lowest BCUT2D eigenvalue weighted by Gasteiger charge is -1.95. The lowest BCUT2D eigenvalue weighted by atomic mass is 10.3. The molecule has 0 heterocycles. The molecule has 1 aromatic carbocycles. The van der Waals surface area contributed by atoms with Crippen LogP contribution in [-0.4, -0.2) is 0 Å². The predicted molar refractivity (Wildman–Crippen MR) is 56.9 cm³/mol. The number of anilines is 1. The average molecular weight is 303 g/mol. The van der Waals surface area contributed by atoms with Gasteiger partial charge in [0.05, 0.1) is 0 Å². The van der Waals surface area contributed by atoms with Gasteiger partial charge in [0.15, 0.2) is 0 Å². The minimum atomic E-state index is 0. The van der Waals surface area contributed by atoms with Crippen LogP contribution in [0.15, 0.2) is 27.6 Å². The highest BCUT2D eigenvalue weighted by Crippen LogP contribution is 2.21. The first-order valence-corrected chi connectivity index (χ1v) is 3.62. The first-order chi connectivity index (χ1) is 4.20. The number of halogens is 6. The Kier molecular flexibility index (Phi) is 25.8. The molecule has 0 saturated heterocycles. The van der Waals surface area contributed by atoms with E-state index in [1.165, 1.54) is 0 Å². The highest BCUT2D eigenvalue weighted by Gasteiger charge is 1.93. The molecule has 14 heavy (non-hydrogen) atoms. The molecule has 0 amide bonds. The number of hydrogen-bond acceptors (Lipinski definition) is 1. The highest BCUT2D eigenvalue weighted by molar-refractivity contribution is 9.10. The largest absolute Gasteiger partial charge is 0.398 e. The van der Waals surface area contributed by atoms with Crippen LogP contribution in [-0.2, 0) is 0 Å². The monoisotopic (exact) mass is 302 g/mol. The normalized spacial score (nSPS) is 6.07. The van der Waals surface area contributed by atoms with Gasteiger partial charge in [0, 0.05) is 15.1 Å². The summed E-state index contributed by atoms with van der Waals surface area (Å²) in [7, 11) is 0. The molecule has 2 N–H and O–H groups in total. The standard InChI is InChI=1S/C6H5BrNS.5FH/c7-5-3-4(9)1-2-6(5)8;;;;;/h1-3H,8H2;5*1H. The van der Waals surface area contributed by atoms with Gasteiger partial charge in [-0.15, -0.1) is 0 Å². The first-order valence-electron chi connectivity index (χ1n) is 2.42. The smallest absolute Gasteiger partial charge is 0.0459 e. The molecule has 0 saturated carbocycles. The van der Waals surface area contributed by atoms with Crippen molar-refractivity contribution in [2.45, 2.75) is 4.90 Å². The number of nitrogen functional groups attached to an aromatic ring is 1. The van der Waals surface area contributed by atoms with Crippen LogP contribution in [0.3, 0.4) is 0 Å². The highest BCUT2D eigenvalue weighted by atomic mass is 79.9. The van der Waals surface area contributed by atoms with Gasteiger partial charge >= 0.3 is 0 Å². The number of hydrogen-bond donors (Lipinski definition) is 1. The minimum absolute atomic E-state index is 0. The minimum Gasteiger partial charge on any atom is -0.398 e. The first kappa shape index (κ1) is 29.2. The molecule has 0 unspecified atom stereocenters. The van der Waals surface area contributed by atoms with Crippen molar-refractivity contribution in [3.63, 3.8) is 0 Å². The van der Waals surface area contributed by atoms with Crippen molar-refractivity contribution in [1.29, 1.82) is 0 Å². The Morgan fingerprint density at radius 1 is 1.00 bits per heavy atom. The summed E-state index contributed by atoms with van der Waals surface area (Å²) in [5, 5.41) is 0. The van der Waals surface area contributed by atoms with E-state index in [9.17, 15) is 0 Å². The van der Waals surface area contributed by atoms with Crippen molar-refractivity contribution in [2.75, 3.05) is 5.73 Å². The Hall–Kier alpha value is -0.630. The third-order valence-corrected chi connectivity index (χ3v) is 1.91. The molecule has 0 spiro atoms. The van der Waals surface area contributed by atoms with E-state index < -0.39 is 0 Å². The SMILES string of the molecule is F.F.F.F.F.Nc1ccc([S])cc1Br. The number of benzene rings is 1. The molecule has 0 aliphatic carbocycles. The van der Waals surface area contributed by atoms with E-state index in [2.05, 4.69) is 15.9 Å². The van der Waals surface area contributed by atoms with Crippen LogP contribution in [0.1, 0.15) is 0 Å². The average Bonchev–Trinajstić information content (AvgIpc) is 1.80. The summed E-state index contributed by atoms with van der Waals surface area (Å²) in [6, 6.07) is 5.40. The summed E-state index contributed by atoms with van der Waals surface area (Å²) in [6.45, 7) is 0. The second-order valence-corrected chi connectivity index (χ2v) is 3.01. The second-order valence-electron chi connectivity index (χ2n) is 1.68. The fourth-order valence-electron chi connectivity index (χ4n) is 0.508. The molecular weight excluding hydrogens is 293 g/mol. The zero-order valence-corrected chi connectivity index (χ0v) is 9.04. The van der Waals surface area contributed by atoms with Crippen molar-refractivity contribution in [3.8, 4) is 0 Å². The lowest BCUT2D eigenvalue weighted by molar-refractivity contribution is 1.11. The second kappa shape index (κ2) is 12.4. The van der Waals surface area contributed by atoms with Crippen LogP contribution in [0, 0.1) is 0 Å². The van der Waals surface area contributed by atoms with E-state index in [1.54, 1.807) is 12.1 Å². The lowest BCUT2D eigenvalue weighted by Crippen LogP contribution is -1.84. The third kappa shape index (κ3) is 7.99. The summed E-state index contributed by atoms with van der Waals surface area (Å²) in [6.07, 6.45) is 0. The Labute approximate surface area is 91.4 Å². The zero-order valence-electron chi connectivity index (χ0n) is 6.64. The van der Waals surface area contributed by atoms with Gasteiger partial charge in [-0.3, -0.25) is 23.5 Å². The Balaban J connectivity index is -0.0000000540. The van der Waals surface area contributed by atoms with Crippen LogP contribution < -0.4 is 5.73 Å². The van der Waals surface area contributed by atoms with Gasteiger partial charge in [-0.05, 0) is 34.1 Å². The van der Waals surface area contributed by atoms with Crippen molar-refractivity contribution < 1.29 is 23.5 Å². The van der Waals surface area contributed by atoms with E-state index in [1.807, 2.05) is 6.07 Å². The molecule has 8 heteroatoms. The van der Waals surface area contributed by atoms with Crippen LogP contribution in [0.25, 0.3) is 0 Å². The van der Waals surface area contributed by atoms with E-state index in [0.29, 0.717) is 0 Å². The van der Waals surface area contributed by atoms with Crippen molar-refractivity contribution in [3.05, 3.63) is 22.7 Å². The van der Waals surface area contributed by atoms with Gasteiger partial charge in [-0.1, -0.05) is 12.6 Å². The molecule has 0 atom stereocenters. The number of rotatable bonds is 0. The summed E-state index contributed by atoms with van der Waals surface area (Å²) in [4.78, 5) is 0.802. The summed E-state index contributed by atoms with van der Waals surface area (Å²) >= 11 is 8.13. The fraction of sp³-hybridized carbons (Fsp3) is 0. The molecule has 1 nitrogen and oxygen atoms in total. The van der Waals surface area contributed by atoms with Crippen molar-refractivity contribution >= 4 is 34.2 Å². The summed E-state index contributed by atoms with van der Waals surface area (Å²) < 4.78 is 0.870. The van der Waals surface area contributed by atoms with Crippen LogP contribution >= 0.6 is 28.6 Å². The molecule has 0 aromatic heterocycles. The van der Waals surface area contributed by atoms with Gasteiger partial charge < -0.3 is 5.73 Å². The van der Waals surface area contributed by atoms with E-state index in [0.717, 1.165) is 15.1 Å². The maximum atomic E-state index is 5.50. The topological polar surface area (TPSA) is 26.0 Å². The number of nitrogens with two attached hydrogens (primary N) is 1. The van der Waals surface area contributed by atoms with Crippen molar-refractivity contribution in [1.82, 2.24) is 0 Å². The van der Waals surface area contributed by atoms with Gasteiger partial charge in [-0.25, -0.2) is 0 Å². The molecule has 1 radical (unpaired) electrons. The van der Waals surface area contributed by atoms with Crippen LogP contribution in [0.5, 0.6) is 0 Å². The van der Waals surface area contributed by atoms with E-state index >= 15 is 0 Å². The molecule has 0 aliphatic rings. The van der Waals surface area contributed by atoms with Gasteiger partial charge in [0.1, 0.15) is 0 Å². The Bertz CT molecular complexity index is 237. The third-order valence-electron chi connectivity index (χ3n) is 0.972. The molecule has 1 rings (SSSR count). The molecule has 0 bridgehead atoms. The maximum Gasteiger partial charge on any atom is 0.0459 e. The molecule has 0 fully saturated rings. The Morgan fingerprint density at radius 2 is 1.43 bits per heavy atom. The molecule has 0 aliphatic heterocycles. The molecular formula is C6H10BrF5NS. The molecule has 87 valence electrons. The fourth-order valence-corrected chi connectivity index (χ4v) is 1.22. The zero-order chi connectivity index (χ0) is 6.85. The van der Waals surface area contributed by atoms with Gasteiger partial charge in [0.2, 0.25) is 0 Å².